The van der Waals surface area contributed by atoms with E-state index >= 15 is 0 Å². The molecule has 0 saturated carbocycles. The predicted molar refractivity (Wildman–Crippen MR) is 269 cm³/mol. The summed E-state index contributed by atoms with van der Waals surface area (Å²) in [5, 5.41) is 33.0. The normalized spacial score (nSPS) is 16.4. The van der Waals surface area contributed by atoms with Crippen molar-refractivity contribution in [1.82, 2.24) is 62.0 Å². The number of carbonyl (C=O) groups excluding carboxylic acids is 7. The van der Waals surface area contributed by atoms with Gasteiger partial charge in [-0.25, -0.2) is 4.98 Å². The first kappa shape index (κ1) is 57.7. The van der Waals surface area contributed by atoms with Crippen LogP contribution in [-0.4, -0.2) is 154 Å². The van der Waals surface area contributed by atoms with E-state index in [0.717, 1.165) is 44.2 Å². The summed E-state index contributed by atoms with van der Waals surface area (Å²) in [5.41, 5.74) is 6.75. The number of nitrogens with two attached hydrogens (primary N) is 1. The van der Waals surface area contributed by atoms with E-state index in [1.807, 2.05) is 58.7 Å². The third-order valence-corrected chi connectivity index (χ3v) is 13.6. The highest BCUT2D eigenvalue weighted by molar-refractivity contribution is 7.09. The number of carbonyl (C=O) groups is 7. The minimum Gasteiger partial charge on any atom is -0.371 e. The van der Waals surface area contributed by atoms with Crippen molar-refractivity contribution in [2.75, 3.05) is 58.2 Å². The van der Waals surface area contributed by atoms with Crippen molar-refractivity contribution in [2.45, 2.75) is 136 Å². The number of benzene rings is 1. The lowest BCUT2D eigenvalue weighted by atomic mass is 9.92. The quantitative estimate of drug-likeness (QED) is 0.0495. The van der Waals surface area contributed by atoms with Gasteiger partial charge in [-0.3, -0.25) is 38.5 Å². The number of tetrazole rings is 1. The first-order valence-corrected chi connectivity index (χ1v) is 25.7. The molecule has 0 unspecified atom stereocenters. The number of thiazole rings is 1. The van der Waals surface area contributed by atoms with E-state index in [-0.39, 0.29) is 79.4 Å². The predicted octanol–water partition coefficient (Wildman–Crippen LogP) is 2.18. The van der Waals surface area contributed by atoms with E-state index in [9.17, 15) is 33.6 Å². The highest BCUT2D eigenvalue weighted by atomic mass is 32.1. The van der Waals surface area contributed by atoms with Crippen molar-refractivity contribution in [1.29, 1.82) is 0 Å². The third-order valence-electron chi connectivity index (χ3n) is 12.6. The number of amides is 7. The Morgan fingerprint density at radius 1 is 0.901 bits per heavy atom. The summed E-state index contributed by atoms with van der Waals surface area (Å²) < 4.78 is 6.35. The van der Waals surface area contributed by atoms with Gasteiger partial charge in [-0.1, -0.05) is 71.7 Å². The summed E-state index contributed by atoms with van der Waals surface area (Å²) in [6.07, 6.45) is 5.02. The number of anilines is 1. The van der Waals surface area contributed by atoms with E-state index in [4.69, 9.17) is 15.5 Å². The Morgan fingerprint density at radius 3 is 2.17 bits per heavy atom. The van der Waals surface area contributed by atoms with Gasteiger partial charge in [0.25, 0.3) is 5.91 Å². The zero-order valence-electron chi connectivity index (χ0n) is 42.5. The maximum atomic E-state index is 14.7. The summed E-state index contributed by atoms with van der Waals surface area (Å²) in [7, 11) is 1.97. The lowest BCUT2D eigenvalue weighted by molar-refractivity contribution is -0.143. The van der Waals surface area contributed by atoms with Gasteiger partial charge >= 0.3 is 0 Å². The summed E-state index contributed by atoms with van der Waals surface area (Å²) in [4.78, 5) is 99.2. The molecule has 0 aliphatic carbocycles. The van der Waals surface area contributed by atoms with Crippen LogP contribution in [0.3, 0.4) is 0 Å². The topological polar surface area (TPSA) is 301 Å². The number of nitrogens with one attached hydrogen (secondary N) is 7. The molecule has 23 heteroatoms. The maximum Gasteiger partial charge on any atom is 0.270 e. The summed E-state index contributed by atoms with van der Waals surface area (Å²) in [6, 6.07) is 5.46. The van der Waals surface area contributed by atoms with Gasteiger partial charge in [0.15, 0.2) is 5.82 Å². The van der Waals surface area contributed by atoms with Gasteiger partial charge in [-0.15, -0.1) is 21.5 Å². The smallest absolute Gasteiger partial charge is 0.270 e. The number of aromatic nitrogens is 5. The second-order valence-corrected chi connectivity index (χ2v) is 19.4. The molecule has 71 heavy (non-hydrogen) atoms. The Labute approximate surface area is 420 Å². The molecule has 0 bridgehead atoms. The van der Waals surface area contributed by atoms with Crippen molar-refractivity contribution in [3.8, 4) is 0 Å². The minimum absolute atomic E-state index is 0.0344. The number of rotatable bonds is 29. The van der Waals surface area contributed by atoms with E-state index in [1.165, 1.54) is 11.3 Å². The Kier molecular flexibility index (Phi) is 23.9. The van der Waals surface area contributed by atoms with Gasteiger partial charge < -0.3 is 47.3 Å². The SMILES string of the molecule is CCCN(C(=O)[C@@H](NC(=O)[C@H]1CCCCN1C)[C@@H](C)CC)[C@H](C[C@@H](OCC)c1nc(C(=O)N[C@@H](Cc2ccc(NC(=O)CNC(=O)CNC(=O)CNC(=O)CN)cc2)C[C@H](C)c2nn[nH]n2)cs1)C(C)C. The van der Waals surface area contributed by atoms with E-state index < -0.39 is 41.8 Å². The van der Waals surface area contributed by atoms with Crippen molar-refractivity contribution in [3.05, 3.63) is 51.7 Å². The Morgan fingerprint density at radius 2 is 1.58 bits per heavy atom. The van der Waals surface area contributed by atoms with Crippen molar-refractivity contribution < 1.29 is 38.3 Å². The molecule has 7 amide bonds. The minimum atomic E-state index is -0.682. The summed E-state index contributed by atoms with van der Waals surface area (Å²) in [6.45, 7) is 14.5. The zero-order valence-corrected chi connectivity index (χ0v) is 43.4. The molecule has 1 aliphatic rings. The van der Waals surface area contributed by atoms with Crippen LogP contribution < -0.4 is 37.6 Å². The number of ether oxygens (including phenoxy) is 1. The van der Waals surface area contributed by atoms with Crippen molar-refractivity contribution in [3.63, 3.8) is 0 Å². The van der Waals surface area contributed by atoms with Crippen LogP contribution >= 0.6 is 11.3 Å². The molecule has 3 heterocycles. The van der Waals surface area contributed by atoms with Crippen LogP contribution in [0.1, 0.15) is 132 Å². The lowest BCUT2D eigenvalue weighted by Gasteiger charge is -2.40. The molecular formula is C48H76N14O8S. The molecule has 9 N–H and O–H groups in total. The van der Waals surface area contributed by atoms with Crippen LogP contribution in [-0.2, 0) is 39.9 Å². The molecule has 0 radical (unpaired) electrons. The van der Waals surface area contributed by atoms with Crippen molar-refractivity contribution in [2.24, 2.45) is 17.6 Å². The number of hydrogen-bond acceptors (Lipinski definition) is 15. The summed E-state index contributed by atoms with van der Waals surface area (Å²) >= 11 is 1.33. The second kappa shape index (κ2) is 29.4. The van der Waals surface area contributed by atoms with Gasteiger partial charge in [-0.05, 0) is 82.2 Å². The lowest BCUT2D eigenvalue weighted by Crippen LogP contribution is -2.58. The maximum absolute atomic E-state index is 14.7. The zero-order chi connectivity index (χ0) is 52.0. The van der Waals surface area contributed by atoms with E-state index in [2.05, 4.69) is 71.3 Å². The number of likely N-dealkylation sites (N-methyl/N-ethyl adjacent to an activating group) is 1. The van der Waals surface area contributed by atoms with E-state index in [1.54, 1.807) is 17.5 Å². The number of aromatic amines is 1. The standard InChI is InChI=1S/C48H76N14O8S/c1-9-19-62(48(69)43(30(6)10-2)56-46(68)36-14-12-13-20-61(36)8)37(29(4)5)23-38(70-11-3)47-55-35(28-71-47)45(67)54-34(21-31(7)44-57-59-60-58-44)22-32-15-17-33(18-16-32)53-42(66)27-52-41(65)26-51-40(64)25-50-39(63)24-49/h15-18,28-31,34,36-38,43H,9-14,19-27,49H2,1-8H3,(H,50,63)(H,51,64)(H,52,65)(H,53,66)(H,54,67)(H,56,68)(H,57,58,59,60)/t30-,31-,34+,36+,37+,38+,43-/m0/s1. The van der Waals surface area contributed by atoms with Gasteiger partial charge in [0.2, 0.25) is 35.4 Å². The number of H-pyrrole nitrogens is 1. The molecule has 22 nitrogen and oxygen atoms in total. The molecule has 1 fully saturated rings. The van der Waals surface area contributed by atoms with Crippen molar-refractivity contribution >= 4 is 58.4 Å². The molecule has 4 rings (SSSR count). The molecule has 0 spiro atoms. The fourth-order valence-electron chi connectivity index (χ4n) is 8.47. The van der Waals surface area contributed by atoms with Crippen LogP contribution in [0.5, 0.6) is 0 Å². The van der Waals surface area contributed by atoms with Crippen LogP contribution in [0.15, 0.2) is 29.6 Å². The highest BCUT2D eigenvalue weighted by Gasteiger charge is 2.38. The average molecular weight is 1010 g/mol. The van der Waals surface area contributed by atoms with Gasteiger partial charge in [0.05, 0.1) is 32.2 Å². The second-order valence-electron chi connectivity index (χ2n) is 18.5. The molecule has 7 atom stereocenters. The third kappa shape index (κ3) is 18.3. The molecular weight excluding hydrogens is 933 g/mol. The Balaban J connectivity index is 1.44. The Bertz CT molecular complexity index is 2170. The Hall–Kier alpha value is -5.91. The van der Waals surface area contributed by atoms with Crippen LogP contribution in [0.2, 0.25) is 0 Å². The molecule has 392 valence electrons. The number of likely N-dealkylation sites (tertiary alicyclic amines) is 1. The summed E-state index contributed by atoms with van der Waals surface area (Å²) in [5.74, 6) is -2.52. The van der Waals surface area contributed by atoms with Crippen LogP contribution in [0.4, 0.5) is 5.69 Å². The van der Waals surface area contributed by atoms with Gasteiger partial charge in [0, 0.05) is 48.6 Å². The number of nitrogens with zero attached hydrogens (tertiary/aromatic N) is 6. The van der Waals surface area contributed by atoms with E-state index in [0.29, 0.717) is 48.9 Å². The fraction of sp³-hybridized carbons (Fsp3) is 0.646. The largest absolute Gasteiger partial charge is 0.371 e. The molecule has 1 saturated heterocycles. The fourth-order valence-corrected chi connectivity index (χ4v) is 9.33. The van der Waals surface area contributed by atoms with Gasteiger partial charge in [0.1, 0.15) is 22.8 Å². The average Bonchev–Trinajstić information content (AvgIpc) is 4.09. The molecule has 3 aromatic rings. The molecule has 2 aromatic heterocycles. The molecule has 1 aliphatic heterocycles. The van der Waals surface area contributed by atoms with Gasteiger partial charge in [-0.2, -0.15) is 5.21 Å². The number of piperidine rings is 1. The first-order chi connectivity index (χ1) is 34.0. The van der Waals surface area contributed by atoms with Crippen LogP contribution in [0, 0.1) is 11.8 Å². The number of hydrogen-bond donors (Lipinski definition) is 8. The monoisotopic (exact) mass is 1010 g/mol. The first-order valence-electron chi connectivity index (χ1n) is 24.8. The molecule has 1 aromatic carbocycles. The van der Waals surface area contributed by atoms with Crippen LogP contribution in [0.25, 0.3) is 0 Å². The highest BCUT2D eigenvalue weighted by Crippen LogP contribution is 2.32.